The highest BCUT2D eigenvalue weighted by Gasteiger charge is 2.21. The molecule has 1 fully saturated rings. The van der Waals surface area contributed by atoms with Gasteiger partial charge in [0.05, 0.1) is 6.42 Å². The second-order valence-corrected chi connectivity index (χ2v) is 3.05. The van der Waals surface area contributed by atoms with Gasteiger partial charge in [-0.25, -0.2) is 0 Å². The zero-order valence-corrected chi connectivity index (χ0v) is 7.02. The molecule has 0 atom stereocenters. The molecule has 1 aliphatic rings. The van der Waals surface area contributed by atoms with Gasteiger partial charge in [-0.2, -0.15) is 0 Å². The Morgan fingerprint density at radius 2 is 2.09 bits per heavy atom. The van der Waals surface area contributed by atoms with Gasteiger partial charge in [-0.05, 0) is 19.8 Å². The molecule has 1 rings (SSSR count). The molecule has 1 saturated carbocycles. The molecule has 0 aromatic heterocycles. The van der Waals surface area contributed by atoms with E-state index in [0.29, 0.717) is 18.1 Å². The lowest BCUT2D eigenvalue weighted by atomic mass is 10.0. The molecule has 0 unspecified atom stereocenters. The molecular formula is C10H14O. The van der Waals surface area contributed by atoms with E-state index < -0.39 is 0 Å². The van der Waals surface area contributed by atoms with E-state index in [0.717, 1.165) is 12.8 Å². The summed E-state index contributed by atoms with van der Waals surface area (Å²) in [5.74, 6) is 6.28. The Labute approximate surface area is 68.2 Å². The summed E-state index contributed by atoms with van der Waals surface area (Å²) in [7, 11) is 0. The first-order valence-corrected chi connectivity index (χ1v) is 4.27. The van der Waals surface area contributed by atoms with E-state index in [4.69, 9.17) is 0 Å². The molecule has 0 bridgehead atoms. The van der Waals surface area contributed by atoms with Crippen molar-refractivity contribution in [1.82, 2.24) is 0 Å². The summed E-state index contributed by atoms with van der Waals surface area (Å²) < 4.78 is 0. The summed E-state index contributed by atoms with van der Waals surface area (Å²) >= 11 is 0. The van der Waals surface area contributed by atoms with Crippen LogP contribution in [0.1, 0.15) is 39.0 Å². The second-order valence-electron chi connectivity index (χ2n) is 3.05. The summed E-state index contributed by atoms with van der Waals surface area (Å²) in [6.45, 7) is 1.78. The first-order chi connectivity index (χ1) is 5.34. The summed E-state index contributed by atoms with van der Waals surface area (Å²) in [5, 5.41) is 0. The van der Waals surface area contributed by atoms with Crippen LogP contribution >= 0.6 is 0 Å². The van der Waals surface area contributed by atoms with Crippen LogP contribution in [0.5, 0.6) is 0 Å². The summed E-state index contributed by atoms with van der Waals surface area (Å²) in [4.78, 5) is 11.3. The predicted molar refractivity (Wildman–Crippen MR) is 45.0 cm³/mol. The Bertz CT molecular complexity index is 189. The number of hydrogen-bond acceptors (Lipinski definition) is 1. The van der Waals surface area contributed by atoms with Crippen LogP contribution in [-0.4, -0.2) is 5.78 Å². The first-order valence-electron chi connectivity index (χ1n) is 4.27. The molecule has 0 spiro atoms. The molecule has 0 aromatic carbocycles. The normalized spacial score (nSPS) is 17.5. The van der Waals surface area contributed by atoms with E-state index in [-0.39, 0.29) is 0 Å². The predicted octanol–water partition coefficient (Wildman–Crippen LogP) is 2.16. The molecule has 11 heavy (non-hydrogen) atoms. The molecule has 0 aromatic rings. The van der Waals surface area contributed by atoms with Crippen molar-refractivity contribution < 1.29 is 4.79 Å². The van der Waals surface area contributed by atoms with Gasteiger partial charge in [0.25, 0.3) is 0 Å². The van der Waals surface area contributed by atoms with Crippen LogP contribution in [-0.2, 0) is 4.79 Å². The van der Waals surface area contributed by atoms with Crippen molar-refractivity contribution in [2.75, 3.05) is 0 Å². The second kappa shape index (κ2) is 4.18. The molecule has 1 nitrogen and oxygen atoms in total. The van der Waals surface area contributed by atoms with Crippen molar-refractivity contribution in [3.05, 3.63) is 0 Å². The van der Waals surface area contributed by atoms with Crippen LogP contribution < -0.4 is 0 Å². The van der Waals surface area contributed by atoms with Gasteiger partial charge in [0, 0.05) is 5.92 Å². The van der Waals surface area contributed by atoms with Crippen LogP contribution in [0, 0.1) is 17.8 Å². The van der Waals surface area contributed by atoms with Gasteiger partial charge in [0.15, 0.2) is 0 Å². The molecule has 0 amide bonds. The van der Waals surface area contributed by atoms with Gasteiger partial charge in [-0.3, -0.25) is 4.79 Å². The largest absolute Gasteiger partial charge is 0.298 e. The minimum Gasteiger partial charge on any atom is -0.298 e. The zero-order chi connectivity index (χ0) is 8.10. The smallest absolute Gasteiger partial charge is 0.147 e. The molecule has 60 valence electrons. The summed E-state index contributed by atoms with van der Waals surface area (Å²) in [5.41, 5.74) is 0. The van der Waals surface area contributed by atoms with Gasteiger partial charge in [-0.1, -0.05) is 18.8 Å². The Hall–Kier alpha value is -0.770. The Morgan fingerprint density at radius 1 is 1.45 bits per heavy atom. The van der Waals surface area contributed by atoms with Crippen molar-refractivity contribution in [1.29, 1.82) is 0 Å². The quantitative estimate of drug-likeness (QED) is 0.551. The van der Waals surface area contributed by atoms with Crippen LogP contribution in [0.4, 0.5) is 0 Å². The van der Waals surface area contributed by atoms with E-state index in [1.165, 1.54) is 12.8 Å². The van der Waals surface area contributed by atoms with E-state index in [9.17, 15) is 4.79 Å². The molecule has 0 saturated heterocycles. The summed E-state index contributed by atoms with van der Waals surface area (Å²) in [6.07, 6.45) is 5.14. The fourth-order valence-electron chi connectivity index (χ4n) is 1.57. The van der Waals surface area contributed by atoms with Gasteiger partial charge < -0.3 is 0 Å². The maximum absolute atomic E-state index is 11.3. The highest BCUT2D eigenvalue weighted by Crippen LogP contribution is 2.25. The molecule has 1 heteroatoms. The number of carbonyl (C=O) groups excluding carboxylic acids is 1. The fourth-order valence-corrected chi connectivity index (χ4v) is 1.57. The molecule has 0 N–H and O–H groups in total. The Morgan fingerprint density at radius 3 is 2.64 bits per heavy atom. The molecule has 0 heterocycles. The Kier molecular flexibility index (Phi) is 3.16. The average molecular weight is 150 g/mol. The molecule has 1 aliphatic carbocycles. The van der Waals surface area contributed by atoms with Crippen molar-refractivity contribution in [2.24, 2.45) is 5.92 Å². The molecular weight excluding hydrogens is 136 g/mol. The van der Waals surface area contributed by atoms with Crippen molar-refractivity contribution >= 4 is 5.78 Å². The topological polar surface area (TPSA) is 17.1 Å². The highest BCUT2D eigenvalue weighted by atomic mass is 16.1. The molecule has 0 aliphatic heterocycles. The lowest BCUT2D eigenvalue weighted by Crippen LogP contribution is -2.08. The number of ketones is 1. The monoisotopic (exact) mass is 150 g/mol. The van der Waals surface area contributed by atoms with Crippen molar-refractivity contribution in [2.45, 2.75) is 39.0 Å². The number of Topliss-reactive ketones (excluding diaryl/α,β-unsaturated/α-hetero) is 1. The minimum atomic E-state index is 0.343. The van der Waals surface area contributed by atoms with Crippen molar-refractivity contribution in [3.63, 3.8) is 0 Å². The van der Waals surface area contributed by atoms with E-state index in [2.05, 4.69) is 11.8 Å². The maximum Gasteiger partial charge on any atom is 0.147 e. The number of carbonyl (C=O) groups is 1. The summed E-state index contributed by atoms with van der Waals surface area (Å²) in [6, 6.07) is 0. The first kappa shape index (κ1) is 8.33. The maximum atomic E-state index is 11.3. The zero-order valence-electron chi connectivity index (χ0n) is 7.02. The van der Waals surface area contributed by atoms with Gasteiger partial charge in [0.1, 0.15) is 5.78 Å². The fraction of sp³-hybridized carbons (Fsp3) is 0.700. The van der Waals surface area contributed by atoms with Crippen LogP contribution in [0.15, 0.2) is 0 Å². The average Bonchev–Trinajstić information content (AvgIpc) is 2.52. The third-order valence-corrected chi connectivity index (χ3v) is 2.25. The lowest BCUT2D eigenvalue weighted by Gasteiger charge is -2.02. The third kappa shape index (κ3) is 2.38. The van der Waals surface area contributed by atoms with Gasteiger partial charge >= 0.3 is 0 Å². The van der Waals surface area contributed by atoms with Crippen LogP contribution in [0.25, 0.3) is 0 Å². The highest BCUT2D eigenvalue weighted by molar-refractivity contribution is 5.83. The van der Waals surface area contributed by atoms with E-state index in [1.807, 2.05) is 0 Å². The van der Waals surface area contributed by atoms with Gasteiger partial charge in [0.2, 0.25) is 0 Å². The van der Waals surface area contributed by atoms with E-state index >= 15 is 0 Å². The number of hydrogen-bond donors (Lipinski definition) is 0. The minimum absolute atomic E-state index is 0.343. The SMILES string of the molecule is CC#CCC(=O)C1CCCC1. The molecule has 0 radical (unpaired) electrons. The Balaban J connectivity index is 2.32. The van der Waals surface area contributed by atoms with Crippen LogP contribution in [0.3, 0.4) is 0 Å². The van der Waals surface area contributed by atoms with Crippen molar-refractivity contribution in [3.8, 4) is 11.8 Å². The lowest BCUT2D eigenvalue weighted by molar-refractivity contribution is -0.121. The van der Waals surface area contributed by atoms with E-state index in [1.54, 1.807) is 6.92 Å². The van der Waals surface area contributed by atoms with Gasteiger partial charge in [-0.15, -0.1) is 5.92 Å². The number of rotatable bonds is 2. The van der Waals surface area contributed by atoms with Crippen LogP contribution in [0.2, 0.25) is 0 Å². The third-order valence-electron chi connectivity index (χ3n) is 2.25. The standard InChI is InChI=1S/C10H14O/c1-2-3-8-10(11)9-6-4-5-7-9/h9H,4-8H2,1H3.